The molecule has 0 fully saturated rings. The lowest BCUT2D eigenvalue weighted by atomic mass is 9.92. The van der Waals surface area contributed by atoms with Crippen molar-refractivity contribution in [2.75, 3.05) is 48.2 Å². The predicted octanol–water partition coefficient (Wildman–Crippen LogP) is 2.48. The van der Waals surface area contributed by atoms with Gasteiger partial charge < -0.3 is 23.7 Å². The van der Waals surface area contributed by atoms with Crippen LogP contribution in [0.3, 0.4) is 0 Å². The molecule has 2 heterocycles. The lowest BCUT2D eigenvalue weighted by Gasteiger charge is -2.30. The first-order valence-corrected chi connectivity index (χ1v) is 10.3. The molecule has 0 amide bonds. The molecule has 1 aromatic carbocycles. The number of aromatic nitrogens is 1. The second-order valence-electron chi connectivity index (χ2n) is 7.94. The van der Waals surface area contributed by atoms with E-state index in [-0.39, 0.29) is 5.56 Å². The topological polar surface area (TPSA) is 56.2 Å². The van der Waals surface area contributed by atoms with Crippen molar-refractivity contribution in [3.05, 3.63) is 45.4 Å². The lowest BCUT2D eigenvalue weighted by Crippen LogP contribution is -2.38. The van der Waals surface area contributed by atoms with E-state index in [1.165, 1.54) is 0 Å². The molecule has 0 bridgehead atoms. The van der Waals surface area contributed by atoms with Crippen molar-refractivity contribution < 1.29 is 14.2 Å². The average molecular weight is 416 g/mol. The van der Waals surface area contributed by atoms with E-state index in [1.54, 1.807) is 18.8 Å². The summed E-state index contributed by atoms with van der Waals surface area (Å²) in [5, 5.41) is 0. The summed E-state index contributed by atoms with van der Waals surface area (Å²) in [5.41, 5.74) is 5.06. The molecule has 0 radical (unpaired) electrons. The molecular formula is C23H33N3O4. The van der Waals surface area contributed by atoms with Crippen LogP contribution in [0.5, 0.6) is 11.5 Å². The van der Waals surface area contributed by atoms with Gasteiger partial charge in [0.05, 0.1) is 26.5 Å². The molecule has 1 aromatic heterocycles. The number of nitrogens with zero attached hydrogens (tertiary/aromatic N) is 3. The number of methoxy groups -OCH3 is 2. The summed E-state index contributed by atoms with van der Waals surface area (Å²) in [7, 11) is 9.20. The van der Waals surface area contributed by atoms with Crippen LogP contribution in [0, 0.1) is 0 Å². The summed E-state index contributed by atoms with van der Waals surface area (Å²) in [5.74, 6) is 1.57. The standard InChI is InChI=1S/C23H33N3O4/c1-7-30-15-26-9-8-17-18(13-25(4)23(27)19(17)14-26)16-10-21(28-5)20(12-24(2)3)22(11-16)29-6/h10-11,13H,7-9,12,14-15H2,1-6H3. The van der Waals surface area contributed by atoms with Gasteiger partial charge in [-0.3, -0.25) is 9.69 Å². The molecule has 0 spiro atoms. The summed E-state index contributed by atoms with van der Waals surface area (Å²) in [6, 6.07) is 4.10. The number of pyridine rings is 1. The van der Waals surface area contributed by atoms with Gasteiger partial charge >= 0.3 is 0 Å². The van der Waals surface area contributed by atoms with Crippen molar-refractivity contribution in [2.45, 2.75) is 26.4 Å². The third-order valence-electron chi connectivity index (χ3n) is 5.52. The molecule has 7 heteroatoms. The van der Waals surface area contributed by atoms with Crippen LogP contribution in [0.25, 0.3) is 11.1 Å². The fourth-order valence-electron chi connectivity index (χ4n) is 4.05. The first-order valence-electron chi connectivity index (χ1n) is 10.3. The summed E-state index contributed by atoms with van der Waals surface area (Å²) in [6.45, 7) is 5.37. The van der Waals surface area contributed by atoms with Crippen LogP contribution in [-0.2, 0) is 31.3 Å². The largest absolute Gasteiger partial charge is 0.496 e. The fourth-order valence-corrected chi connectivity index (χ4v) is 4.05. The van der Waals surface area contributed by atoms with E-state index in [0.29, 0.717) is 26.4 Å². The van der Waals surface area contributed by atoms with Gasteiger partial charge in [0.2, 0.25) is 0 Å². The van der Waals surface area contributed by atoms with Crippen molar-refractivity contribution in [3.8, 4) is 22.6 Å². The minimum atomic E-state index is 0.0538. The number of benzene rings is 1. The van der Waals surface area contributed by atoms with E-state index in [9.17, 15) is 4.79 Å². The highest BCUT2D eigenvalue weighted by Crippen LogP contribution is 2.38. The molecular weight excluding hydrogens is 382 g/mol. The Labute approximate surface area is 178 Å². The normalized spacial score (nSPS) is 14.1. The number of fused-ring (bicyclic) bond motifs is 1. The monoisotopic (exact) mass is 415 g/mol. The molecule has 0 saturated heterocycles. The Kier molecular flexibility index (Phi) is 7.18. The van der Waals surface area contributed by atoms with Gasteiger partial charge in [-0.15, -0.1) is 0 Å². The molecule has 0 unspecified atom stereocenters. The zero-order valence-electron chi connectivity index (χ0n) is 18.9. The van der Waals surface area contributed by atoms with Crippen LogP contribution >= 0.6 is 0 Å². The second kappa shape index (κ2) is 9.64. The van der Waals surface area contributed by atoms with Crippen molar-refractivity contribution in [1.29, 1.82) is 0 Å². The van der Waals surface area contributed by atoms with Gasteiger partial charge in [0, 0.05) is 50.6 Å². The van der Waals surface area contributed by atoms with E-state index in [1.807, 2.05) is 46.4 Å². The van der Waals surface area contributed by atoms with Crippen LogP contribution in [0.1, 0.15) is 23.6 Å². The highest BCUT2D eigenvalue weighted by Gasteiger charge is 2.24. The number of hydrogen-bond acceptors (Lipinski definition) is 6. The molecule has 0 N–H and O–H groups in total. The summed E-state index contributed by atoms with van der Waals surface area (Å²) in [6.07, 6.45) is 2.73. The minimum absolute atomic E-state index is 0.0538. The third-order valence-corrected chi connectivity index (χ3v) is 5.52. The smallest absolute Gasteiger partial charge is 0.255 e. The highest BCUT2D eigenvalue weighted by molar-refractivity contribution is 5.72. The number of rotatable bonds is 8. The first-order chi connectivity index (χ1) is 14.4. The van der Waals surface area contributed by atoms with E-state index in [0.717, 1.165) is 52.3 Å². The van der Waals surface area contributed by atoms with E-state index in [4.69, 9.17) is 14.2 Å². The molecule has 0 atom stereocenters. The summed E-state index contributed by atoms with van der Waals surface area (Å²) < 4.78 is 18.7. The zero-order chi connectivity index (χ0) is 21.8. The van der Waals surface area contributed by atoms with Gasteiger partial charge in [0.25, 0.3) is 5.56 Å². The zero-order valence-corrected chi connectivity index (χ0v) is 18.9. The average Bonchev–Trinajstić information content (AvgIpc) is 2.74. The maximum atomic E-state index is 12.9. The van der Waals surface area contributed by atoms with Crippen LogP contribution in [0.2, 0.25) is 0 Å². The Balaban J connectivity index is 2.11. The SMILES string of the molecule is CCOCN1CCc2c(-c3cc(OC)c(CN(C)C)c(OC)c3)cn(C)c(=O)c2C1. The minimum Gasteiger partial charge on any atom is -0.496 e. The number of ether oxygens (including phenoxy) is 3. The first kappa shape index (κ1) is 22.3. The Morgan fingerprint density at radius 3 is 2.33 bits per heavy atom. The quantitative estimate of drug-likeness (QED) is 0.660. The van der Waals surface area contributed by atoms with Crippen LogP contribution in [-0.4, -0.2) is 62.6 Å². The van der Waals surface area contributed by atoms with Crippen molar-refractivity contribution in [2.24, 2.45) is 7.05 Å². The fraction of sp³-hybridized carbons (Fsp3) is 0.522. The summed E-state index contributed by atoms with van der Waals surface area (Å²) >= 11 is 0. The molecule has 1 aliphatic heterocycles. The number of hydrogen-bond donors (Lipinski definition) is 0. The maximum absolute atomic E-state index is 12.9. The molecule has 3 rings (SSSR count). The molecule has 7 nitrogen and oxygen atoms in total. The van der Waals surface area contributed by atoms with Crippen LogP contribution in [0.15, 0.2) is 23.1 Å². The molecule has 30 heavy (non-hydrogen) atoms. The van der Waals surface area contributed by atoms with E-state index >= 15 is 0 Å². The van der Waals surface area contributed by atoms with E-state index < -0.39 is 0 Å². The van der Waals surface area contributed by atoms with Gasteiger partial charge in [-0.25, -0.2) is 0 Å². The Morgan fingerprint density at radius 1 is 1.10 bits per heavy atom. The predicted molar refractivity (Wildman–Crippen MR) is 118 cm³/mol. The second-order valence-corrected chi connectivity index (χ2v) is 7.94. The summed E-state index contributed by atoms with van der Waals surface area (Å²) in [4.78, 5) is 17.1. The molecule has 0 saturated carbocycles. The number of aryl methyl sites for hydroxylation is 1. The lowest BCUT2D eigenvalue weighted by molar-refractivity contribution is 0.0276. The van der Waals surface area contributed by atoms with Gasteiger partial charge in [0.15, 0.2) is 0 Å². The highest BCUT2D eigenvalue weighted by atomic mass is 16.5. The van der Waals surface area contributed by atoms with Gasteiger partial charge in [-0.05, 0) is 50.7 Å². The molecule has 2 aromatic rings. The van der Waals surface area contributed by atoms with Gasteiger partial charge in [-0.1, -0.05) is 0 Å². The van der Waals surface area contributed by atoms with Crippen molar-refractivity contribution in [1.82, 2.24) is 14.4 Å². The third kappa shape index (κ3) is 4.53. The molecule has 0 aliphatic carbocycles. The molecule has 1 aliphatic rings. The van der Waals surface area contributed by atoms with E-state index in [2.05, 4.69) is 9.80 Å². The van der Waals surface area contributed by atoms with Gasteiger partial charge in [-0.2, -0.15) is 0 Å². The Morgan fingerprint density at radius 2 is 1.77 bits per heavy atom. The van der Waals surface area contributed by atoms with Gasteiger partial charge in [0.1, 0.15) is 11.5 Å². The Bertz CT molecular complexity index is 927. The van der Waals surface area contributed by atoms with Crippen molar-refractivity contribution in [3.63, 3.8) is 0 Å². The van der Waals surface area contributed by atoms with Crippen LogP contribution in [0.4, 0.5) is 0 Å². The molecule has 164 valence electrons. The van der Waals surface area contributed by atoms with Crippen LogP contribution < -0.4 is 15.0 Å². The van der Waals surface area contributed by atoms with Crippen molar-refractivity contribution >= 4 is 0 Å². The maximum Gasteiger partial charge on any atom is 0.255 e. The Hall–Kier alpha value is -2.35.